The Bertz CT molecular complexity index is 424. The first-order valence-corrected chi connectivity index (χ1v) is 6.41. The Balaban J connectivity index is 2.07. The van der Waals surface area contributed by atoms with Gasteiger partial charge in [0.25, 0.3) is 0 Å². The van der Waals surface area contributed by atoms with E-state index >= 15 is 0 Å². The predicted octanol–water partition coefficient (Wildman–Crippen LogP) is 3.75. The molecule has 0 aliphatic rings. The number of thiophene rings is 1. The Morgan fingerprint density at radius 3 is 2.47 bits per heavy atom. The molecule has 0 radical (unpaired) electrons. The summed E-state index contributed by atoms with van der Waals surface area (Å²) in [6.45, 7) is 0. The van der Waals surface area contributed by atoms with Gasteiger partial charge < -0.3 is 5.73 Å². The fraction of sp³-hybridized carbons (Fsp3) is 0.167. The molecule has 0 aliphatic carbocycles. The molecule has 1 atom stereocenters. The molecule has 1 aromatic carbocycles. The average molecular weight is 282 g/mol. The monoisotopic (exact) mass is 281 g/mol. The normalized spacial score (nSPS) is 12.7. The number of hydrogen-bond donors (Lipinski definition) is 1. The van der Waals surface area contributed by atoms with Crippen LogP contribution in [0.2, 0.25) is 0 Å². The van der Waals surface area contributed by atoms with Gasteiger partial charge in [-0.15, -0.1) is 11.3 Å². The Kier molecular flexibility index (Phi) is 3.57. The quantitative estimate of drug-likeness (QED) is 0.911. The van der Waals surface area contributed by atoms with E-state index in [1.807, 2.05) is 24.3 Å². The third-order valence-corrected chi connectivity index (χ3v) is 4.01. The van der Waals surface area contributed by atoms with E-state index in [9.17, 15) is 0 Å². The van der Waals surface area contributed by atoms with Crippen LogP contribution >= 0.6 is 27.3 Å². The third kappa shape index (κ3) is 2.91. The van der Waals surface area contributed by atoms with Crippen LogP contribution in [0.4, 0.5) is 0 Å². The molecule has 2 N–H and O–H groups in total. The van der Waals surface area contributed by atoms with E-state index in [1.165, 1.54) is 10.4 Å². The minimum absolute atomic E-state index is 0.101. The van der Waals surface area contributed by atoms with Gasteiger partial charge in [0.05, 0.1) is 3.79 Å². The van der Waals surface area contributed by atoms with Crippen LogP contribution in [0, 0.1) is 0 Å². The minimum Gasteiger partial charge on any atom is -0.323 e. The third-order valence-electron chi connectivity index (χ3n) is 2.26. The average Bonchev–Trinajstić information content (AvgIpc) is 2.66. The molecule has 2 rings (SSSR count). The van der Waals surface area contributed by atoms with Crippen molar-refractivity contribution in [2.24, 2.45) is 5.73 Å². The van der Waals surface area contributed by atoms with E-state index in [4.69, 9.17) is 5.73 Å². The molecule has 2 aromatic rings. The van der Waals surface area contributed by atoms with Gasteiger partial charge in [-0.25, -0.2) is 0 Å². The molecular weight excluding hydrogens is 270 g/mol. The smallest absolute Gasteiger partial charge is 0.0701 e. The maximum absolute atomic E-state index is 6.13. The van der Waals surface area contributed by atoms with E-state index in [2.05, 4.69) is 34.1 Å². The van der Waals surface area contributed by atoms with E-state index in [-0.39, 0.29) is 6.04 Å². The lowest BCUT2D eigenvalue weighted by molar-refractivity contribution is 0.736. The fourth-order valence-electron chi connectivity index (χ4n) is 1.50. The summed E-state index contributed by atoms with van der Waals surface area (Å²) in [7, 11) is 0. The second-order valence-corrected chi connectivity index (χ2v) is 5.93. The van der Waals surface area contributed by atoms with Crippen molar-refractivity contribution >= 4 is 27.3 Å². The molecule has 1 nitrogen and oxygen atoms in total. The summed E-state index contributed by atoms with van der Waals surface area (Å²) in [5.41, 5.74) is 7.42. The summed E-state index contributed by atoms with van der Waals surface area (Å²) in [6.07, 6.45) is 0.897. The van der Waals surface area contributed by atoms with E-state index in [0.717, 1.165) is 10.2 Å². The lowest BCUT2D eigenvalue weighted by Crippen LogP contribution is -2.11. The highest BCUT2D eigenvalue weighted by Crippen LogP contribution is 2.27. The van der Waals surface area contributed by atoms with Crippen LogP contribution in [0.1, 0.15) is 16.5 Å². The molecule has 1 unspecified atom stereocenters. The summed E-state index contributed by atoms with van der Waals surface area (Å²) in [4.78, 5) is 1.23. The van der Waals surface area contributed by atoms with Crippen LogP contribution in [0.3, 0.4) is 0 Å². The van der Waals surface area contributed by atoms with E-state index in [0.29, 0.717) is 0 Å². The zero-order chi connectivity index (χ0) is 10.7. The molecule has 0 fully saturated rings. The van der Waals surface area contributed by atoms with Crippen molar-refractivity contribution in [1.29, 1.82) is 0 Å². The van der Waals surface area contributed by atoms with Gasteiger partial charge in [-0.1, -0.05) is 30.3 Å². The summed E-state index contributed by atoms with van der Waals surface area (Å²) < 4.78 is 1.14. The van der Waals surface area contributed by atoms with Crippen LogP contribution in [0.15, 0.2) is 46.3 Å². The summed E-state index contributed by atoms with van der Waals surface area (Å²) in [5.74, 6) is 0. The van der Waals surface area contributed by atoms with Crippen LogP contribution in [0.5, 0.6) is 0 Å². The van der Waals surface area contributed by atoms with Gasteiger partial charge in [-0.05, 0) is 40.0 Å². The molecule has 78 valence electrons. The molecule has 0 amide bonds. The molecule has 0 aliphatic heterocycles. The van der Waals surface area contributed by atoms with Crippen molar-refractivity contribution in [3.63, 3.8) is 0 Å². The van der Waals surface area contributed by atoms with Gasteiger partial charge in [0.1, 0.15) is 0 Å². The van der Waals surface area contributed by atoms with Gasteiger partial charge in [0.15, 0.2) is 0 Å². The van der Waals surface area contributed by atoms with Crippen LogP contribution in [-0.2, 0) is 6.42 Å². The van der Waals surface area contributed by atoms with Gasteiger partial charge in [-0.3, -0.25) is 0 Å². The Hall–Kier alpha value is -0.640. The zero-order valence-corrected chi connectivity index (χ0v) is 10.6. The van der Waals surface area contributed by atoms with Gasteiger partial charge in [0, 0.05) is 10.9 Å². The van der Waals surface area contributed by atoms with Gasteiger partial charge in [-0.2, -0.15) is 0 Å². The number of halogens is 1. The summed E-state index contributed by atoms with van der Waals surface area (Å²) >= 11 is 5.16. The minimum atomic E-state index is 0.101. The first-order chi connectivity index (χ1) is 7.25. The second-order valence-electron chi connectivity index (χ2n) is 3.44. The SMILES string of the molecule is NC(Cc1ccccc1)c1ccc(Br)s1. The second kappa shape index (κ2) is 4.92. The molecule has 1 heterocycles. The topological polar surface area (TPSA) is 26.0 Å². The Morgan fingerprint density at radius 2 is 1.87 bits per heavy atom. The summed E-state index contributed by atoms with van der Waals surface area (Å²) in [6, 6.07) is 14.6. The van der Waals surface area contributed by atoms with Crippen molar-refractivity contribution in [3.05, 3.63) is 56.7 Å². The zero-order valence-electron chi connectivity index (χ0n) is 8.19. The van der Waals surface area contributed by atoms with E-state index in [1.54, 1.807) is 11.3 Å². The Morgan fingerprint density at radius 1 is 1.13 bits per heavy atom. The molecule has 15 heavy (non-hydrogen) atoms. The standard InChI is InChI=1S/C12H12BrNS/c13-12-7-6-11(15-12)10(14)8-9-4-2-1-3-5-9/h1-7,10H,8,14H2. The molecule has 0 spiro atoms. The summed E-state index contributed by atoms with van der Waals surface area (Å²) in [5, 5.41) is 0. The highest BCUT2D eigenvalue weighted by Gasteiger charge is 2.08. The number of hydrogen-bond acceptors (Lipinski definition) is 2. The lowest BCUT2D eigenvalue weighted by atomic mass is 10.1. The maximum atomic E-state index is 6.13. The van der Waals surface area contributed by atoms with Crippen molar-refractivity contribution in [2.45, 2.75) is 12.5 Å². The predicted molar refractivity (Wildman–Crippen MR) is 69.1 cm³/mol. The molecule has 0 saturated carbocycles. The first kappa shape index (κ1) is 10.9. The number of benzene rings is 1. The van der Waals surface area contributed by atoms with Crippen LogP contribution in [0.25, 0.3) is 0 Å². The van der Waals surface area contributed by atoms with Crippen LogP contribution < -0.4 is 5.73 Å². The van der Waals surface area contributed by atoms with Crippen molar-refractivity contribution in [1.82, 2.24) is 0 Å². The van der Waals surface area contributed by atoms with Crippen molar-refractivity contribution in [3.8, 4) is 0 Å². The molecular formula is C12H12BrNS. The number of nitrogens with two attached hydrogens (primary N) is 1. The molecule has 0 bridgehead atoms. The largest absolute Gasteiger partial charge is 0.323 e. The highest BCUT2D eigenvalue weighted by atomic mass is 79.9. The highest BCUT2D eigenvalue weighted by molar-refractivity contribution is 9.11. The molecule has 3 heteroatoms. The Labute approximate surface area is 102 Å². The van der Waals surface area contributed by atoms with E-state index < -0.39 is 0 Å². The molecule has 1 aromatic heterocycles. The van der Waals surface area contributed by atoms with Gasteiger partial charge in [0.2, 0.25) is 0 Å². The molecule has 0 saturated heterocycles. The van der Waals surface area contributed by atoms with Crippen molar-refractivity contribution < 1.29 is 0 Å². The van der Waals surface area contributed by atoms with Gasteiger partial charge >= 0.3 is 0 Å². The van der Waals surface area contributed by atoms with Crippen molar-refractivity contribution in [2.75, 3.05) is 0 Å². The lowest BCUT2D eigenvalue weighted by Gasteiger charge is -2.08. The fourth-order valence-corrected chi connectivity index (χ4v) is 2.92. The number of rotatable bonds is 3. The first-order valence-electron chi connectivity index (χ1n) is 4.80. The maximum Gasteiger partial charge on any atom is 0.0701 e. The van der Waals surface area contributed by atoms with Crippen LogP contribution in [-0.4, -0.2) is 0 Å².